The number of fused-ring (bicyclic) bond motifs is 1. The van der Waals surface area contributed by atoms with E-state index < -0.39 is 0 Å². The number of hydrogen-bond acceptors (Lipinski definition) is 1. The van der Waals surface area contributed by atoms with Crippen LogP contribution in [0.25, 0.3) is 10.9 Å². The lowest BCUT2D eigenvalue weighted by Gasteiger charge is -2.11. The third-order valence-corrected chi connectivity index (χ3v) is 4.24. The molecule has 6 heteroatoms. The molecule has 1 heterocycles. The molecule has 136 valence electrons. The van der Waals surface area contributed by atoms with Gasteiger partial charge in [0.1, 0.15) is 11.6 Å². The highest BCUT2D eigenvalue weighted by atomic mass is 19.1. The van der Waals surface area contributed by atoms with Crippen LogP contribution in [0.3, 0.4) is 0 Å². The van der Waals surface area contributed by atoms with E-state index in [2.05, 4.69) is 20.6 Å². The number of aromatic amines is 1. The fourth-order valence-corrected chi connectivity index (χ4v) is 2.91. The average Bonchev–Trinajstić information content (AvgIpc) is 3.02. The van der Waals surface area contributed by atoms with E-state index in [4.69, 9.17) is 0 Å². The highest BCUT2D eigenvalue weighted by Gasteiger charge is 2.05. The van der Waals surface area contributed by atoms with Crippen LogP contribution < -0.4 is 10.6 Å². The highest BCUT2D eigenvalue weighted by Crippen LogP contribution is 2.19. The summed E-state index contributed by atoms with van der Waals surface area (Å²) in [6, 6.07) is 11.3. The number of guanidine groups is 1. The van der Waals surface area contributed by atoms with Crippen molar-refractivity contribution >= 4 is 16.9 Å². The summed E-state index contributed by atoms with van der Waals surface area (Å²) in [6.45, 7) is 1.32. The van der Waals surface area contributed by atoms with Crippen LogP contribution in [0.1, 0.15) is 11.1 Å². The molecule has 0 saturated carbocycles. The second-order valence-electron chi connectivity index (χ2n) is 6.06. The molecule has 0 saturated heterocycles. The first-order chi connectivity index (χ1) is 12.7. The number of halogens is 2. The molecule has 4 nitrogen and oxygen atoms in total. The van der Waals surface area contributed by atoms with Gasteiger partial charge in [-0.1, -0.05) is 12.1 Å². The van der Waals surface area contributed by atoms with Gasteiger partial charge in [-0.15, -0.1) is 0 Å². The molecule has 3 aromatic rings. The highest BCUT2D eigenvalue weighted by molar-refractivity contribution is 5.83. The minimum absolute atomic E-state index is 0.222. The molecule has 0 fully saturated rings. The molecule has 0 amide bonds. The average molecular weight is 356 g/mol. The van der Waals surface area contributed by atoms with E-state index in [-0.39, 0.29) is 11.6 Å². The van der Waals surface area contributed by atoms with Gasteiger partial charge in [-0.2, -0.15) is 0 Å². The summed E-state index contributed by atoms with van der Waals surface area (Å²) in [5.74, 6) is 0.230. The SMILES string of the molecule is CN=C(NCCc1cccc(F)c1)NCCc1c[nH]c2ccc(F)cc12. The van der Waals surface area contributed by atoms with E-state index >= 15 is 0 Å². The van der Waals surface area contributed by atoms with Crippen molar-refractivity contribution in [3.05, 3.63) is 71.4 Å². The van der Waals surface area contributed by atoms with Gasteiger partial charge in [-0.05, 0) is 54.3 Å². The largest absolute Gasteiger partial charge is 0.361 e. The summed E-state index contributed by atoms with van der Waals surface area (Å²) in [7, 11) is 1.71. The zero-order chi connectivity index (χ0) is 18.4. The summed E-state index contributed by atoms with van der Waals surface area (Å²) in [4.78, 5) is 7.34. The molecule has 0 unspecified atom stereocenters. The molecule has 3 N–H and O–H groups in total. The third-order valence-electron chi connectivity index (χ3n) is 4.24. The molecular weight excluding hydrogens is 334 g/mol. The van der Waals surface area contributed by atoms with Crippen LogP contribution in [-0.2, 0) is 12.8 Å². The van der Waals surface area contributed by atoms with Crippen molar-refractivity contribution in [1.29, 1.82) is 0 Å². The second-order valence-corrected chi connectivity index (χ2v) is 6.06. The van der Waals surface area contributed by atoms with Crippen molar-refractivity contribution in [2.45, 2.75) is 12.8 Å². The van der Waals surface area contributed by atoms with Crippen molar-refractivity contribution in [3.8, 4) is 0 Å². The predicted octanol–water partition coefficient (Wildman–Crippen LogP) is 3.40. The maximum atomic E-state index is 13.4. The molecule has 3 rings (SSSR count). The Morgan fingerprint density at radius 3 is 2.54 bits per heavy atom. The van der Waals surface area contributed by atoms with Gasteiger partial charge in [0, 0.05) is 37.2 Å². The zero-order valence-corrected chi connectivity index (χ0v) is 14.7. The minimum atomic E-state index is -0.235. The maximum Gasteiger partial charge on any atom is 0.190 e. The predicted molar refractivity (Wildman–Crippen MR) is 101 cm³/mol. The molecule has 0 atom stereocenters. The van der Waals surface area contributed by atoms with Crippen LogP contribution in [0.5, 0.6) is 0 Å². The molecule has 0 radical (unpaired) electrons. The summed E-state index contributed by atoms with van der Waals surface area (Å²) < 4.78 is 26.6. The Bertz CT molecular complexity index is 902. The van der Waals surface area contributed by atoms with Crippen LogP contribution in [0.2, 0.25) is 0 Å². The zero-order valence-electron chi connectivity index (χ0n) is 14.7. The van der Waals surface area contributed by atoms with Gasteiger partial charge in [0.2, 0.25) is 0 Å². The molecule has 0 aliphatic carbocycles. The minimum Gasteiger partial charge on any atom is -0.361 e. The number of rotatable bonds is 6. The Morgan fingerprint density at radius 1 is 1.00 bits per heavy atom. The van der Waals surface area contributed by atoms with Gasteiger partial charge >= 0.3 is 0 Å². The van der Waals surface area contributed by atoms with Gasteiger partial charge in [0.05, 0.1) is 0 Å². The van der Waals surface area contributed by atoms with Crippen LogP contribution >= 0.6 is 0 Å². The second kappa shape index (κ2) is 8.47. The van der Waals surface area contributed by atoms with E-state index in [9.17, 15) is 8.78 Å². The molecule has 26 heavy (non-hydrogen) atoms. The number of aromatic nitrogens is 1. The van der Waals surface area contributed by atoms with Gasteiger partial charge in [-0.25, -0.2) is 8.78 Å². The van der Waals surface area contributed by atoms with E-state index in [1.54, 1.807) is 25.2 Å². The molecule has 1 aromatic heterocycles. The van der Waals surface area contributed by atoms with Crippen LogP contribution in [0, 0.1) is 11.6 Å². The Balaban J connectivity index is 1.47. The monoisotopic (exact) mass is 356 g/mol. The Kier molecular flexibility index (Phi) is 5.84. The first-order valence-electron chi connectivity index (χ1n) is 8.60. The van der Waals surface area contributed by atoms with Gasteiger partial charge in [0.25, 0.3) is 0 Å². The summed E-state index contributed by atoms with van der Waals surface area (Å²) in [5.41, 5.74) is 2.93. The molecule has 0 bridgehead atoms. The lowest BCUT2D eigenvalue weighted by atomic mass is 10.1. The molecular formula is C20H22F2N4. The smallest absolute Gasteiger partial charge is 0.190 e. The lowest BCUT2D eigenvalue weighted by molar-refractivity contribution is 0.625. The molecule has 0 aliphatic heterocycles. The van der Waals surface area contributed by atoms with Crippen molar-refractivity contribution < 1.29 is 8.78 Å². The van der Waals surface area contributed by atoms with Crippen LogP contribution in [0.15, 0.2) is 53.7 Å². The van der Waals surface area contributed by atoms with Crippen molar-refractivity contribution in [2.24, 2.45) is 4.99 Å². The van der Waals surface area contributed by atoms with Gasteiger partial charge in [0.15, 0.2) is 5.96 Å². The maximum absolute atomic E-state index is 13.4. The van der Waals surface area contributed by atoms with Gasteiger partial charge < -0.3 is 15.6 Å². The molecule has 0 spiro atoms. The normalized spacial score (nSPS) is 11.7. The fourth-order valence-electron chi connectivity index (χ4n) is 2.91. The van der Waals surface area contributed by atoms with E-state index in [0.29, 0.717) is 25.5 Å². The third kappa shape index (κ3) is 4.59. The topological polar surface area (TPSA) is 52.2 Å². The summed E-state index contributed by atoms with van der Waals surface area (Å²) >= 11 is 0. The van der Waals surface area contributed by atoms with E-state index in [1.807, 2.05) is 12.3 Å². The van der Waals surface area contributed by atoms with E-state index in [0.717, 1.165) is 28.5 Å². The number of hydrogen-bond donors (Lipinski definition) is 3. The molecule has 2 aromatic carbocycles. The van der Waals surface area contributed by atoms with Crippen LogP contribution in [0.4, 0.5) is 8.78 Å². The standard InChI is InChI=1S/C20H22F2N4/c1-23-20(24-9-7-14-3-2-4-16(21)11-14)25-10-8-15-13-26-19-6-5-17(22)12-18(15)19/h2-6,11-13,26H,7-10H2,1H3,(H2,23,24,25). The Hall–Kier alpha value is -2.89. The summed E-state index contributed by atoms with van der Waals surface area (Å²) in [5, 5.41) is 7.36. The quantitative estimate of drug-likeness (QED) is 0.468. The molecule has 0 aliphatic rings. The Labute approximate surface area is 151 Å². The van der Waals surface area contributed by atoms with Crippen LogP contribution in [-0.4, -0.2) is 31.1 Å². The number of aliphatic imine (C=N–C) groups is 1. The number of nitrogens with zero attached hydrogens (tertiary/aromatic N) is 1. The van der Waals surface area contributed by atoms with Crippen molar-refractivity contribution in [2.75, 3.05) is 20.1 Å². The summed E-state index contributed by atoms with van der Waals surface area (Å²) in [6.07, 6.45) is 3.36. The van der Waals surface area contributed by atoms with Crippen molar-refractivity contribution in [1.82, 2.24) is 15.6 Å². The number of benzene rings is 2. The van der Waals surface area contributed by atoms with Gasteiger partial charge in [-0.3, -0.25) is 4.99 Å². The lowest BCUT2D eigenvalue weighted by Crippen LogP contribution is -2.39. The number of H-pyrrole nitrogens is 1. The Morgan fingerprint density at radius 2 is 1.77 bits per heavy atom. The first kappa shape index (κ1) is 17.9. The fraction of sp³-hybridized carbons (Fsp3) is 0.250. The number of nitrogens with one attached hydrogen (secondary N) is 3. The van der Waals surface area contributed by atoms with E-state index in [1.165, 1.54) is 18.2 Å². The first-order valence-corrected chi connectivity index (χ1v) is 8.60. The van der Waals surface area contributed by atoms with Crippen molar-refractivity contribution in [3.63, 3.8) is 0 Å².